The lowest BCUT2D eigenvalue weighted by atomic mass is 10.1. The second-order valence-electron chi connectivity index (χ2n) is 7.39. The van der Waals surface area contributed by atoms with Gasteiger partial charge in [-0.05, 0) is 49.7 Å². The third-order valence-corrected chi connectivity index (χ3v) is 4.84. The van der Waals surface area contributed by atoms with Gasteiger partial charge in [-0.3, -0.25) is 4.79 Å². The molecular weight excluding hydrogens is 395 g/mol. The van der Waals surface area contributed by atoms with E-state index in [1.165, 1.54) is 12.1 Å². The molecule has 0 aromatic heterocycles. The van der Waals surface area contributed by atoms with Crippen LogP contribution in [0.25, 0.3) is 0 Å². The van der Waals surface area contributed by atoms with Crippen molar-refractivity contribution < 1.29 is 22.7 Å². The maximum atomic E-state index is 13.3. The van der Waals surface area contributed by atoms with Crippen molar-refractivity contribution in [3.8, 4) is 6.07 Å². The topological polar surface area (TPSA) is 65.4 Å². The zero-order valence-corrected chi connectivity index (χ0v) is 16.7. The maximum Gasteiger partial charge on any atom is 0.418 e. The molecule has 1 aliphatic rings. The zero-order chi connectivity index (χ0) is 21.9. The number of carbonyl (C=O) groups excluding carboxylic acids is 1. The summed E-state index contributed by atoms with van der Waals surface area (Å²) in [5.41, 5.74) is 0.214. The van der Waals surface area contributed by atoms with Gasteiger partial charge in [0.05, 0.1) is 29.4 Å². The molecule has 2 unspecified atom stereocenters. The van der Waals surface area contributed by atoms with Crippen molar-refractivity contribution in [2.75, 3.05) is 18.4 Å². The molecule has 8 heteroatoms. The van der Waals surface area contributed by atoms with Gasteiger partial charge < -0.3 is 15.0 Å². The first-order valence-electron chi connectivity index (χ1n) is 9.56. The van der Waals surface area contributed by atoms with Crippen LogP contribution in [0.1, 0.15) is 40.9 Å². The molecular formula is C22H22F3N3O2. The molecule has 2 aromatic carbocycles. The fraction of sp³-hybridized carbons (Fsp3) is 0.364. The normalized spacial score (nSPS) is 19.3. The van der Waals surface area contributed by atoms with Gasteiger partial charge in [-0.1, -0.05) is 12.1 Å². The van der Waals surface area contributed by atoms with Crippen molar-refractivity contribution in [2.24, 2.45) is 0 Å². The number of hydrogen-bond donors (Lipinski definition) is 1. The van der Waals surface area contributed by atoms with Crippen molar-refractivity contribution in [1.82, 2.24) is 4.90 Å². The van der Waals surface area contributed by atoms with Crippen LogP contribution in [0.3, 0.4) is 0 Å². The number of carbonyl (C=O) groups is 1. The van der Waals surface area contributed by atoms with Crippen LogP contribution in [0.4, 0.5) is 18.9 Å². The number of benzene rings is 2. The summed E-state index contributed by atoms with van der Waals surface area (Å²) in [4.78, 5) is 14.4. The van der Waals surface area contributed by atoms with Crippen LogP contribution in [-0.2, 0) is 17.5 Å². The Bertz CT molecular complexity index is 942. The molecule has 0 radical (unpaired) electrons. The van der Waals surface area contributed by atoms with E-state index in [9.17, 15) is 18.0 Å². The van der Waals surface area contributed by atoms with E-state index in [0.717, 1.165) is 11.6 Å². The van der Waals surface area contributed by atoms with Crippen LogP contribution in [0.15, 0.2) is 42.5 Å². The second kappa shape index (κ2) is 8.76. The Morgan fingerprint density at radius 1 is 1.17 bits per heavy atom. The number of nitrogens with one attached hydrogen (secondary N) is 1. The molecule has 1 saturated heterocycles. The molecule has 158 valence electrons. The number of rotatable bonds is 4. The molecule has 0 aliphatic carbocycles. The Morgan fingerprint density at radius 3 is 2.37 bits per heavy atom. The predicted octanol–water partition coefficient (Wildman–Crippen LogP) is 4.44. The second-order valence-corrected chi connectivity index (χ2v) is 7.39. The lowest BCUT2D eigenvalue weighted by Gasteiger charge is -2.35. The van der Waals surface area contributed by atoms with Gasteiger partial charge in [-0.15, -0.1) is 0 Å². The average Bonchev–Trinajstić information content (AvgIpc) is 2.70. The van der Waals surface area contributed by atoms with Crippen LogP contribution >= 0.6 is 0 Å². The molecule has 0 saturated carbocycles. The van der Waals surface area contributed by atoms with Gasteiger partial charge in [0.2, 0.25) is 0 Å². The van der Waals surface area contributed by atoms with Crippen LogP contribution in [0, 0.1) is 11.3 Å². The van der Waals surface area contributed by atoms with E-state index in [4.69, 9.17) is 10.00 Å². The number of hydrogen-bond acceptors (Lipinski definition) is 4. The molecule has 5 nitrogen and oxygen atoms in total. The summed E-state index contributed by atoms with van der Waals surface area (Å²) in [5, 5.41) is 11.6. The van der Waals surface area contributed by atoms with Crippen LogP contribution in [0.5, 0.6) is 0 Å². The smallest absolute Gasteiger partial charge is 0.380 e. The minimum atomic E-state index is -4.57. The lowest BCUT2D eigenvalue weighted by molar-refractivity contribution is -0.137. The van der Waals surface area contributed by atoms with Gasteiger partial charge in [-0.2, -0.15) is 18.4 Å². The van der Waals surface area contributed by atoms with Gasteiger partial charge in [0.15, 0.2) is 0 Å². The molecule has 1 fully saturated rings. The zero-order valence-electron chi connectivity index (χ0n) is 16.7. The highest BCUT2D eigenvalue weighted by Crippen LogP contribution is 2.35. The number of alkyl halides is 3. The molecule has 1 heterocycles. The Morgan fingerprint density at radius 2 is 1.80 bits per heavy atom. The summed E-state index contributed by atoms with van der Waals surface area (Å²) in [6.07, 6.45) is -4.63. The number of morpholine rings is 1. The number of halogens is 3. The highest BCUT2D eigenvalue weighted by Gasteiger charge is 2.34. The number of anilines is 1. The van der Waals surface area contributed by atoms with E-state index in [1.54, 1.807) is 35.2 Å². The summed E-state index contributed by atoms with van der Waals surface area (Å²) in [6, 6.07) is 11.9. The van der Waals surface area contributed by atoms with Gasteiger partial charge in [-0.25, -0.2) is 0 Å². The molecule has 30 heavy (non-hydrogen) atoms. The van der Waals surface area contributed by atoms with Gasteiger partial charge >= 0.3 is 6.18 Å². The minimum absolute atomic E-state index is 0.0311. The highest BCUT2D eigenvalue weighted by molar-refractivity contribution is 5.94. The highest BCUT2D eigenvalue weighted by atomic mass is 19.4. The summed E-state index contributed by atoms with van der Waals surface area (Å²) >= 11 is 0. The Labute approximate surface area is 173 Å². The maximum absolute atomic E-state index is 13.3. The summed E-state index contributed by atoms with van der Waals surface area (Å²) in [5.74, 6) is -0.0945. The third kappa shape index (κ3) is 5.10. The molecule has 2 atom stereocenters. The Kier molecular flexibility index (Phi) is 6.32. The van der Waals surface area contributed by atoms with Crippen molar-refractivity contribution in [3.63, 3.8) is 0 Å². The van der Waals surface area contributed by atoms with Crippen LogP contribution < -0.4 is 5.32 Å². The van der Waals surface area contributed by atoms with Crippen LogP contribution in [0.2, 0.25) is 0 Å². The fourth-order valence-electron chi connectivity index (χ4n) is 3.49. The van der Waals surface area contributed by atoms with E-state index >= 15 is 0 Å². The van der Waals surface area contributed by atoms with Gasteiger partial charge in [0.25, 0.3) is 5.91 Å². The van der Waals surface area contributed by atoms with Crippen molar-refractivity contribution >= 4 is 11.6 Å². The minimum Gasteiger partial charge on any atom is -0.380 e. The monoisotopic (exact) mass is 417 g/mol. The first-order chi connectivity index (χ1) is 14.2. The van der Waals surface area contributed by atoms with E-state index in [-0.39, 0.29) is 35.9 Å². The SMILES string of the molecule is CC1CN(C(=O)c2ccc(CNc3ccc(C#N)cc3C(F)(F)F)cc2)CC(C)O1. The summed E-state index contributed by atoms with van der Waals surface area (Å²) in [6.45, 7) is 5.03. The van der Waals surface area contributed by atoms with E-state index in [2.05, 4.69) is 5.32 Å². The summed E-state index contributed by atoms with van der Waals surface area (Å²) in [7, 11) is 0. The number of nitriles is 1. The standard InChI is InChI=1S/C22H22F3N3O2/c1-14-12-28(13-15(2)30-14)21(29)18-6-3-16(4-7-18)11-27-20-8-5-17(10-26)9-19(20)22(23,24)25/h3-9,14-15,27H,11-13H2,1-2H3. The third-order valence-electron chi connectivity index (χ3n) is 4.84. The number of amides is 1. The first-order valence-corrected chi connectivity index (χ1v) is 9.56. The largest absolute Gasteiger partial charge is 0.418 e. The predicted molar refractivity (Wildman–Crippen MR) is 106 cm³/mol. The van der Waals surface area contributed by atoms with Crippen molar-refractivity contribution in [1.29, 1.82) is 5.26 Å². The molecule has 1 aliphatic heterocycles. The van der Waals surface area contributed by atoms with E-state index in [1.807, 2.05) is 13.8 Å². The van der Waals surface area contributed by atoms with Gasteiger partial charge in [0, 0.05) is 30.9 Å². The van der Waals surface area contributed by atoms with Crippen LogP contribution in [-0.4, -0.2) is 36.1 Å². The van der Waals surface area contributed by atoms with Crippen molar-refractivity contribution in [3.05, 3.63) is 64.7 Å². The average molecular weight is 417 g/mol. The molecule has 3 rings (SSSR count). The Hall–Kier alpha value is -3.05. The van der Waals surface area contributed by atoms with Crippen molar-refractivity contribution in [2.45, 2.75) is 38.8 Å². The molecule has 0 bridgehead atoms. The lowest BCUT2D eigenvalue weighted by Crippen LogP contribution is -2.48. The quantitative estimate of drug-likeness (QED) is 0.799. The van der Waals surface area contributed by atoms with E-state index < -0.39 is 11.7 Å². The Balaban J connectivity index is 1.68. The molecule has 0 spiro atoms. The summed E-state index contributed by atoms with van der Waals surface area (Å²) < 4.78 is 45.4. The molecule has 1 N–H and O–H groups in total. The van der Waals surface area contributed by atoms with Gasteiger partial charge in [0.1, 0.15) is 0 Å². The number of nitrogens with zero attached hydrogens (tertiary/aromatic N) is 2. The fourth-order valence-corrected chi connectivity index (χ4v) is 3.49. The molecule has 2 aromatic rings. The molecule has 1 amide bonds. The first kappa shape index (κ1) is 21.7. The van der Waals surface area contributed by atoms with E-state index in [0.29, 0.717) is 18.7 Å². The number of ether oxygens (including phenoxy) is 1.